The second kappa shape index (κ2) is 6.95. The van der Waals surface area contributed by atoms with Crippen LogP contribution in [0.15, 0.2) is 53.0 Å². The molecule has 1 atom stereocenters. The van der Waals surface area contributed by atoms with Crippen LogP contribution in [0.2, 0.25) is 0 Å². The van der Waals surface area contributed by atoms with Crippen molar-refractivity contribution >= 4 is 39.5 Å². The molecule has 1 aliphatic rings. The number of hydrogen-bond acceptors (Lipinski definition) is 3. The van der Waals surface area contributed by atoms with Crippen molar-refractivity contribution in [3.05, 3.63) is 69.9 Å². The number of benzene rings is 2. The molecule has 0 aliphatic carbocycles. The molecular weight excluding hydrogens is 383 g/mol. The van der Waals surface area contributed by atoms with Gasteiger partial charge in [0.25, 0.3) is 0 Å². The van der Waals surface area contributed by atoms with E-state index in [2.05, 4.69) is 28.1 Å². The standard InChI is InChI=1S/C17H16BrFOS2/c18-14-11-12(7-8-15(14)19)16(20)17(21-9-4-10-22-17)13-5-2-1-3-6-13/h1-3,5-8,11,16,20H,4,9-10H2. The van der Waals surface area contributed by atoms with Crippen molar-refractivity contribution in [3.8, 4) is 0 Å². The molecule has 1 fully saturated rings. The molecule has 5 heteroatoms. The number of aliphatic hydroxyl groups excluding tert-OH is 1. The van der Waals surface area contributed by atoms with Crippen LogP contribution in [0.25, 0.3) is 0 Å². The Bertz CT molecular complexity index is 644. The highest BCUT2D eigenvalue weighted by Gasteiger charge is 2.43. The first-order valence-electron chi connectivity index (χ1n) is 7.10. The van der Waals surface area contributed by atoms with E-state index in [9.17, 15) is 9.50 Å². The molecule has 0 amide bonds. The van der Waals surface area contributed by atoms with Crippen LogP contribution in [0.1, 0.15) is 23.7 Å². The van der Waals surface area contributed by atoms with Crippen LogP contribution in [-0.2, 0) is 4.08 Å². The molecule has 1 nitrogen and oxygen atoms in total. The first-order valence-corrected chi connectivity index (χ1v) is 9.86. The third kappa shape index (κ3) is 3.09. The predicted molar refractivity (Wildman–Crippen MR) is 96.7 cm³/mol. The lowest BCUT2D eigenvalue weighted by Crippen LogP contribution is -2.30. The Kier molecular flexibility index (Phi) is 5.17. The highest BCUT2D eigenvalue weighted by Crippen LogP contribution is 2.57. The van der Waals surface area contributed by atoms with E-state index in [4.69, 9.17) is 0 Å². The summed E-state index contributed by atoms with van der Waals surface area (Å²) in [4.78, 5) is 0. The van der Waals surface area contributed by atoms with Crippen LogP contribution in [-0.4, -0.2) is 16.6 Å². The largest absolute Gasteiger partial charge is 0.386 e. The van der Waals surface area contributed by atoms with Gasteiger partial charge in [-0.3, -0.25) is 0 Å². The molecule has 1 unspecified atom stereocenters. The van der Waals surface area contributed by atoms with E-state index in [1.54, 1.807) is 35.7 Å². The lowest BCUT2D eigenvalue weighted by molar-refractivity contribution is 0.163. The Morgan fingerprint density at radius 1 is 1.09 bits per heavy atom. The number of hydrogen-bond donors (Lipinski definition) is 1. The molecule has 0 radical (unpaired) electrons. The fourth-order valence-electron chi connectivity index (χ4n) is 2.60. The minimum atomic E-state index is -0.693. The van der Waals surface area contributed by atoms with Crippen LogP contribution in [0.3, 0.4) is 0 Å². The second-order valence-corrected chi connectivity index (χ2v) is 8.95. The minimum absolute atomic E-state index is 0.311. The molecule has 22 heavy (non-hydrogen) atoms. The van der Waals surface area contributed by atoms with Crippen molar-refractivity contribution in [1.29, 1.82) is 0 Å². The van der Waals surface area contributed by atoms with Gasteiger partial charge < -0.3 is 5.11 Å². The van der Waals surface area contributed by atoms with Crippen molar-refractivity contribution in [2.75, 3.05) is 11.5 Å². The maximum absolute atomic E-state index is 13.5. The topological polar surface area (TPSA) is 20.2 Å². The fourth-order valence-corrected chi connectivity index (χ4v) is 6.39. The summed E-state index contributed by atoms with van der Waals surface area (Å²) < 4.78 is 13.4. The van der Waals surface area contributed by atoms with E-state index < -0.39 is 10.2 Å². The van der Waals surface area contributed by atoms with Gasteiger partial charge in [-0.05, 0) is 57.1 Å². The first-order chi connectivity index (χ1) is 10.6. The monoisotopic (exact) mass is 398 g/mol. The van der Waals surface area contributed by atoms with Crippen molar-refractivity contribution in [1.82, 2.24) is 0 Å². The predicted octanol–water partition coefficient (Wildman–Crippen LogP) is 5.34. The molecule has 2 aromatic carbocycles. The summed E-state index contributed by atoms with van der Waals surface area (Å²) in [6.07, 6.45) is 0.450. The summed E-state index contributed by atoms with van der Waals surface area (Å²) in [7, 11) is 0. The summed E-state index contributed by atoms with van der Waals surface area (Å²) in [5.74, 6) is 1.72. The third-order valence-electron chi connectivity index (χ3n) is 3.72. The molecule has 2 aromatic rings. The Morgan fingerprint density at radius 3 is 2.41 bits per heavy atom. The van der Waals surface area contributed by atoms with Gasteiger partial charge in [-0.15, -0.1) is 23.5 Å². The molecule has 0 spiro atoms. The van der Waals surface area contributed by atoms with Crippen molar-refractivity contribution < 1.29 is 9.50 Å². The number of rotatable bonds is 3. The molecule has 1 heterocycles. The molecular formula is C17H16BrFOS2. The van der Waals surface area contributed by atoms with Crippen molar-refractivity contribution in [3.63, 3.8) is 0 Å². The number of halogens is 2. The van der Waals surface area contributed by atoms with Crippen LogP contribution >= 0.6 is 39.5 Å². The van der Waals surface area contributed by atoms with Gasteiger partial charge in [0.1, 0.15) is 16.0 Å². The molecule has 1 saturated heterocycles. The van der Waals surface area contributed by atoms with E-state index >= 15 is 0 Å². The van der Waals surface area contributed by atoms with Gasteiger partial charge in [0.15, 0.2) is 0 Å². The summed E-state index contributed by atoms with van der Waals surface area (Å²) in [5, 5.41) is 11.1. The Labute approximate surface area is 146 Å². The summed E-state index contributed by atoms with van der Waals surface area (Å²) >= 11 is 6.77. The maximum atomic E-state index is 13.5. The molecule has 0 bridgehead atoms. The molecule has 0 saturated carbocycles. The fraction of sp³-hybridized carbons (Fsp3) is 0.294. The van der Waals surface area contributed by atoms with Gasteiger partial charge in [0.2, 0.25) is 0 Å². The van der Waals surface area contributed by atoms with E-state index in [1.807, 2.05) is 18.2 Å². The van der Waals surface area contributed by atoms with Crippen molar-refractivity contribution in [2.45, 2.75) is 16.6 Å². The Hall–Kier alpha value is -0.490. The average molecular weight is 399 g/mol. The third-order valence-corrected chi connectivity index (χ3v) is 7.79. The highest BCUT2D eigenvalue weighted by atomic mass is 79.9. The van der Waals surface area contributed by atoms with Gasteiger partial charge in [-0.1, -0.05) is 36.4 Å². The van der Waals surface area contributed by atoms with Crippen LogP contribution in [0, 0.1) is 5.82 Å². The van der Waals surface area contributed by atoms with E-state index in [0.717, 1.165) is 29.1 Å². The zero-order valence-electron chi connectivity index (χ0n) is 11.8. The van der Waals surface area contributed by atoms with Crippen LogP contribution in [0.5, 0.6) is 0 Å². The first kappa shape index (κ1) is 16.4. The van der Waals surface area contributed by atoms with E-state index in [-0.39, 0.29) is 5.82 Å². The molecule has 0 aromatic heterocycles. The summed E-state index contributed by atoms with van der Waals surface area (Å²) in [6.45, 7) is 0. The SMILES string of the molecule is OC(c1ccc(F)c(Br)c1)C1(c2ccccc2)SCCCS1. The highest BCUT2D eigenvalue weighted by molar-refractivity contribution is 9.10. The zero-order chi connectivity index (χ0) is 15.6. The number of thioether (sulfide) groups is 2. The quantitative estimate of drug-likeness (QED) is 0.752. The summed E-state index contributed by atoms with van der Waals surface area (Å²) in [5.41, 5.74) is 1.84. The lowest BCUT2D eigenvalue weighted by atomic mass is 10.00. The molecule has 116 valence electrons. The van der Waals surface area contributed by atoms with Gasteiger partial charge >= 0.3 is 0 Å². The molecule has 1 aliphatic heterocycles. The Morgan fingerprint density at radius 2 is 1.77 bits per heavy atom. The van der Waals surface area contributed by atoms with Gasteiger partial charge in [-0.25, -0.2) is 4.39 Å². The van der Waals surface area contributed by atoms with E-state index in [1.165, 1.54) is 6.07 Å². The lowest BCUT2D eigenvalue weighted by Gasteiger charge is -2.40. The van der Waals surface area contributed by atoms with Crippen molar-refractivity contribution in [2.24, 2.45) is 0 Å². The van der Waals surface area contributed by atoms with Gasteiger partial charge in [0.05, 0.1) is 4.47 Å². The number of aliphatic hydroxyl groups is 1. The minimum Gasteiger partial charge on any atom is -0.386 e. The van der Waals surface area contributed by atoms with Gasteiger partial charge in [0, 0.05) is 0 Å². The zero-order valence-corrected chi connectivity index (χ0v) is 15.1. The summed E-state index contributed by atoms with van der Waals surface area (Å²) in [6, 6.07) is 14.9. The van der Waals surface area contributed by atoms with Crippen LogP contribution < -0.4 is 0 Å². The van der Waals surface area contributed by atoms with Gasteiger partial charge in [-0.2, -0.15) is 0 Å². The van der Waals surface area contributed by atoms with E-state index in [0.29, 0.717) is 4.47 Å². The molecule has 1 N–H and O–H groups in total. The average Bonchev–Trinajstić information content (AvgIpc) is 2.58. The molecule has 3 rings (SSSR count). The van der Waals surface area contributed by atoms with Crippen LogP contribution in [0.4, 0.5) is 4.39 Å². The Balaban J connectivity index is 2.03. The smallest absolute Gasteiger partial charge is 0.137 e. The normalized spacial score (nSPS) is 18.9. The second-order valence-electron chi connectivity index (χ2n) is 5.16. The maximum Gasteiger partial charge on any atom is 0.137 e.